The minimum atomic E-state index is -2.08. The van der Waals surface area contributed by atoms with E-state index in [2.05, 4.69) is 0 Å². The number of phenols is 2. The lowest BCUT2D eigenvalue weighted by Crippen LogP contribution is -2.57. The van der Waals surface area contributed by atoms with E-state index < -0.39 is 17.5 Å². The monoisotopic (exact) mass is 358 g/mol. The number of para-hydroxylation sites is 1. The van der Waals surface area contributed by atoms with Crippen LogP contribution in [-0.2, 0) is 5.60 Å². The van der Waals surface area contributed by atoms with Gasteiger partial charge in [-0.3, -0.25) is 4.79 Å². The summed E-state index contributed by atoms with van der Waals surface area (Å²) in [5.74, 6) is -0.573. The summed E-state index contributed by atoms with van der Waals surface area (Å²) in [4.78, 5) is 13.3. The summed E-state index contributed by atoms with van der Waals surface area (Å²) in [6.45, 7) is 3.20. The van der Waals surface area contributed by atoms with E-state index >= 15 is 0 Å². The predicted octanol–water partition coefficient (Wildman–Crippen LogP) is 1.95. The first-order valence-corrected chi connectivity index (χ1v) is 8.11. The summed E-state index contributed by atoms with van der Waals surface area (Å²) in [5, 5.41) is 31.9. The zero-order chi connectivity index (χ0) is 18.8. The summed E-state index contributed by atoms with van der Waals surface area (Å²) in [6, 6.07) is 4.40. The van der Waals surface area contributed by atoms with Gasteiger partial charge >= 0.3 is 0 Å². The third-order valence-corrected chi connectivity index (χ3v) is 5.13. The van der Waals surface area contributed by atoms with Crippen molar-refractivity contribution >= 4 is 5.78 Å². The van der Waals surface area contributed by atoms with E-state index in [1.165, 1.54) is 25.3 Å². The summed E-state index contributed by atoms with van der Waals surface area (Å²) in [7, 11) is 1.46. The molecule has 0 aromatic heterocycles. The second kappa shape index (κ2) is 5.28. The van der Waals surface area contributed by atoms with Crippen LogP contribution in [0.3, 0.4) is 0 Å². The number of hydrogen-bond donors (Lipinski definition) is 3. The molecule has 26 heavy (non-hydrogen) atoms. The summed E-state index contributed by atoms with van der Waals surface area (Å²) in [5.41, 5.74) is -1.14. The Kier molecular flexibility index (Phi) is 3.36. The third-order valence-electron chi connectivity index (χ3n) is 5.13. The van der Waals surface area contributed by atoms with Gasteiger partial charge in [-0.1, -0.05) is 12.1 Å². The van der Waals surface area contributed by atoms with Gasteiger partial charge in [0.25, 0.3) is 0 Å². The third kappa shape index (κ3) is 1.83. The second-order valence-electron chi connectivity index (χ2n) is 6.50. The molecule has 0 saturated heterocycles. The maximum atomic E-state index is 13.3. The molecule has 3 N–H and O–H groups in total. The van der Waals surface area contributed by atoms with Gasteiger partial charge in [0.05, 0.1) is 7.11 Å². The molecular formula is C19H18O7. The van der Waals surface area contributed by atoms with Crippen LogP contribution in [0.5, 0.6) is 28.7 Å². The molecule has 136 valence electrons. The van der Waals surface area contributed by atoms with Crippen LogP contribution in [0.1, 0.15) is 27.0 Å². The van der Waals surface area contributed by atoms with Crippen molar-refractivity contribution in [3.63, 3.8) is 0 Å². The van der Waals surface area contributed by atoms with Gasteiger partial charge in [-0.15, -0.1) is 0 Å². The van der Waals surface area contributed by atoms with Gasteiger partial charge in [-0.05, 0) is 19.9 Å². The Labute approximate surface area is 149 Å². The second-order valence-corrected chi connectivity index (χ2v) is 6.50. The average Bonchev–Trinajstić information content (AvgIpc) is 2.62. The molecule has 0 fully saturated rings. The van der Waals surface area contributed by atoms with Crippen molar-refractivity contribution in [2.45, 2.75) is 25.6 Å². The Balaban J connectivity index is 2.00. The Morgan fingerprint density at radius 3 is 2.62 bits per heavy atom. The van der Waals surface area contributed by atoms with Crippen molar-refractivity contribution in [3.8, 4) is 28.7 Å². The number of aliphatic hydroxyl groups is 1. The van der Waals surface area contributed by atoms with Crippen LogP contribution in [0.4, 0.5) is 0 Å². The van der Waals surface area contributed by atoms with E-state index in [0.717, 1.165) is 0 Å². The Morgan fingerprint density at radius 1 is 1.19 bits per heavy atom. The van der Waals surface area contributed by atoms with Gasteiger partial charge in [0.1, 0.15) is 29.4 Å². The summed E-state index contributed by atoms with van der Waals surface area (Å²) >= 11 is 0. The minimum Gasteiger partial charge on any atom is -0.507 e. The van der Waals surface area contributed by atoms with Gasteiger partial charge in [-0.2, -0.15) is 0 Å². The molecule has 0 saturated carbocycles. The molecule has 0 bridgehead atoms. The highest BCUT2D eigenvalue weighted by molar-refractivity contribution is 6.10. The fourth-order valence-corrected chi connectivity index (χ4v) is 3.79. The van der Waals surface area contributed by atoms with Crippen molar-refractivity contribution in [2.24, 2.45) is 0 Å². The minimum absolute atomic E-state index is 0.0353. The standard InChI is InChI=1S/C19H18O7/c1-8-14(21)13-16(9(2)15(8)24-3)26-12-7-25-17-10(5-4-6-11(17)20)19(12,23)18(13)22/h4-6,12,20-21,23H,7H2,1-3H3/t12?,19-/m1/s1. The number of hydrogen-bond acceptors (Lipinski definition) is 7. The van der Waals surface area contributed by atoms with Crippen molar-refractivity contribution in [2.75, 3.05) is 13.7 Å². The van der Waals surface area contributed by atoms with E-state index in [4.69, 9.17) is 14.2 Å². The topological polar surface area (TPSA) is 105 Å². The summed E-state index contributed by atoms with van der Waals surface area (Å²) in [6.07, 6.45) is -1.03. The fraction of sp³-hybridized carbons (Fsp3) is 0.316. The number of rotatable bonds is 1. The number of carbonyl (C=O) groups is 1. The first-order valence-electron chi connectivity index (χ1n) is 8.11. The number of ketones is 1. The van der Waals surface area contributed by atoms with Crippen LogP contribution in [0, 0.1) is 13.8 Å². The molecule has 2 aliphatic rings. The van der Waals surface area contributed by atoms with Gasteiger partial charge in [-0.25, -0.2) is 0 Å². The molecule has 0 amide bonds. The number of benzene rings is 2. The number of carbonyl (C=O) groups excluding carboxylic acids is 1. The molecule has 2 atom stereocenters. The number of Topliss-reactive ketones (excluding diaryl/α,β-unsaturated/α-hetero) is 1. The highest BCUT2D eigenvalue weighted by atomic mass is 16.6. The molecule has 0 spiro atoms. The highest BCUT2D eigenvalue weighted by Crippen LogP contribution is 2.53. The lowest BCUT2D eigenvalue weighted by molar-refractivity contribution is -0.0809. The Hall–Kier alpha value is -2.93. The number of methoxy groups -OCH3 is 1. The van der Waals surface area contributed by atoms with E-state index in [1.54, 1.807) is 13.8 Å². The Morgan fingerprint density at radius 2 is 1.92 bits per heavy atom. The van der Waals surface area contributed by atoms with Crippen molar-refractivity contribution in [1.29, 1.82) is 0 Å². The SMILES string of the molecule is COc1c(C)c(O)c2c(c1C)OC1COc3c(O)cccc3[C@]1(O)C2=O. The predicted molar refractivity (Wildman–Crippen MR) is 90.4 cm³/mol. The molecule has 2 aromatic carbocycles. The Bertz CT molecular complexity index is 950. The zero-order valence-corrected chi connectivity index (χ0v) is 14.5. The molecule has 2 aliphatic heterocycles. The van der Waals surface area contributed by atoms with Crippen LogP contribution >= 0.6 is 0 Å². The van der Waals surface area contributed by atoms with E-state index in [9.17, 15) is 20.1 Å². The van der Waals surface area contributed by atoms with E-state index in [0.29, 0.717) is 16.9 Å². The molecule has 1 unspecified atom stereocenters. The molecule has 7 nitrogen and oxygen atoms in total. The maximum Gasteiger partial charge on any atom is 0.210 e. The number of fused-ring (bicyclic) bond motifs is 4. The highest BCUT2D eigenvalue weighted by Gasteiger charge is 2.57. The molecule has 7 heteroatoms. The van der Waals surface area contributed by atoms with Crippen molar-refractivity contribution < 1.29 is 34.3 Å². The van der Waals surface area contributed by atoms with Crippen LogP contribution < -0.4 is 14.2 Å². The zero-order valence-electron chi connectivity index (χ0n) is 14.5. The first kappa shape index (κ1) is 16.5. The quantitative estimate of drug-likeness (QED) is 0.715. The molecule has 0 aliphatic carbocycles. The largest absolute Gasteiger partial charge is 0.507 e. The summed E-state index contributed by atoms with van der Waals surface area (Å²) < 4.78 is 16.7. The first-order chi connectivity index (χ1) is 12.3. The van der Waals surface area contributed by atoms with Gasteiger partial charge in [0, 0.05) is 16.7 Å². The van der Waals surface area contributed by atoms with Gasteiger partial charge in [0.15, 0.2) is 23.2 Å². The molecular weight excluding hydrogens is 340 g/mol. The van der Waals surface area contributed by atoms with Crippen molar-refractivity contribution in [1.82, 2.24) is 0 Å². The van der Waals surface area contributed by atoms with E-state index in [-0.39, 0.29) is 40.7 Å². The maximum absolute atomic E-state index is 13.3. The average molecular weight is 358 g/mol. The molecule has 4 rings (SSSR count). The van der Waals surface area contributed by atoms with Crippen molar-refractivity contribution in [3.05, 3.63) is 40.5 Å². The number of aromatic hydroxyl groups is 2. The molecule has 0 radical (unpaired) electrons. The molecule has 2 aromatic rings. The number of phenolic OH excluding ortho intramolecular Hbond substituents is 2. The lowest BCUT2D eigenvalue weighted by atomic mass is 9.76. The van der Waals surface area contributed by atoms with Gasteiger partial charge in [0.2, 0.25) is 5.78 Å². The smallest absolute Gasteiger partial charge is 0.210 e. The van der Waals surface area contributed by atoms with E-state index in [1.807, 2.05) is 0 Å². The van der Waals surface area contributed by atoms with Crippen LogP contribution in [0.15, 0.2) is 18.2 Å². The van der Waals surface area contributed by atoms with Gasteiger partial charge < -0.3 is 29.5 Å². The van der Waals surface area contributed by atoms with Crippen LogP contribution in [0.2, 0.25) is 0 Å². The van der Waals surface area contributed by atoms with Crippen LogP contribution in [0.25, 0.3) is 0 Å². The lowest BCUT2D eigenvalue weighted by Gasteiger charge is -2.43. The molecule has 2 heterocycles. The fourth-order valence-electron chi connectivity index (χ4n) is 3.79. The number of ether oxygens (including phenoxy) is 3. The normalized spacial score (nSPS) is 23.2. The van der Waals surface area contributed by atoms with Crippen LogP contribution in [-0.4, -0.2) is 40.9 Å².